The normalized spacial score (nSPS) is 11.8. The molecule has 0 saturated carbocycles. The van der Waals surface area contributed by atoms with Gasteiger partial charge in [-0.1, -0.05) is 0 Å². The summed E-state index contributed by atoms with van der Waals surface area (Å²) >= 11 is 0. The molecule has 1 aromatic carbocycles. The summed E-state index contributed by atoms with van der Waals surface area (Å²) in [6.45, 7) is 3.89. The fourth-order valence-electron chi connectivity index (χ4n) is 2.77. The molecule has 8 nitrogen and oxygen atoms in total. The van der Waals surface area contributed by atoms with Gasteiger partial charge in [0.2, 0.25) is 0 Å². The van der Waals surface area contributed by atoms with E-state index in [1.807, 2.05) is 19.1 Å². The zero-order valence-electron chi connectivity index (χ0n) is 15.7. The van der Waals surface area contributed by atoms with E-state index >= 15 is 0 Å². The predicted octanol–water partition coefficient (Wildman–Crippen LogP) is 2.59. The smallest absolute Gasteiger partial charge is 0.343 e. The van der Waals surface area contributed by atoms with Crippen molar-refractivity contribution < 1.29 is 18.7 Å². The van der Waals surface area contributed by atoms with E-state index in [1.165, 1.54) is 10.9 Å². The predicted molar refractivity (Wildman–Crippen MR) is 103 cm³/mol. The van der Waals surface area contributed by atoms with Gasteiger partial charge in [-0.25, -0.2) is 9.48 Å². The Kier molecular flexibility index (Phi) is 5.78. The van der Waals surface area contributed by atoms with E-state index < -0.39 is 5.97 Å². The number of anilines is 1. The van der Waals surface area contributed by atoms with E-state index in [1.54, 1.807) is 37.5 Å². The Morgan fingerprint density at radius 2 is 2.04 bits per heavy atom. The quantitative estimate of drug-likeness (QED) is 0.608. The molecule has 3 rings (SSSR count). The summed E-state index contributed by atoms with van der Waals surface area (Å²) in [6, 6.07) is 10.4. The molecule has 0 unspecified atom stereocenters. The van der Waals surface area contributed by atoms with Crippen LogP contribution in [0.3, 0.4) is 0 Å². The highest BCUT2D eigenvalue weighted by Gasteiger charge is 2.17. The van der Waals surface area contributed by atoms with Gasteiger partial charge in [0.15, 0.2) is 0 Å². The molecule has 1 amide bonds. The van der Waals surface area contributed by atoms with Crippen molar-refractivity contribution in [2.24, 2.45) is 0 Å². The lowest BCUT2D eigenvalue weighted by molar-refractivity contribution is 0.0527. The minimum absolute atomic E-state index is 0.0766. The molecule has 0 aliphatic rings. The van der Waals surface area contributed by atoms with Crippen LogP contribution in [-0.4, -0.2) is 34.3 Å². The van der Waals surface area contributed by atoms with Crippen molar-refractivity contribution in [3.8, 4) is 5.69 Å². The monoisotopic (exact) mass is 382 g/mol. The lowest BCUT2D eigenvalue weighted by atomic mass is 10.1. The van der Waals surface area contributed by atoms with E-state index in [0.29, 0.717) is 17.7 Å². The van der Waals surface area contributed by atoms with Gasteiger partial charge < -0.3 is 20.2 Å². The number of rotatable bonds is 7. The number of nitrogen functional groups attached to an aromatic ring is 1. The maximum atomic E-state index is 12.4. The molecule has 0 saturated heterocycles. The van der Waals surface area contributed by atoms with Crippen LogP contribution in [0, 0.1) is 0 Å². The molecule has 0 fully saturated rings. The highest BCUT2D eigenvalue weighted by atomic mass is 16.5. The van der Waals surface area contributed by atoms with Gasteiger partial charge in [-0.15, -0.1) is 0 Å². The summed E-state index contributed by atoms with van der Waals surface area (Å²) in [5.41, 5.74) is 7.35. The molecule has 0 spiro atoms. The number of hydrogen-bond donors (Lipinski definition) is 2. The SMILES string of the molecule is CCOC(=O)c1cnn(-c2ccc(C(=O)N[C@@H](C)Cc3ccco3)cc2)c1N. The van der Waals surface area contributed by atoms with Crippen molar-refractivity contribution in [2.75, 3.05) is 12.3 Å². The third kappa shape index (κ3) is 4.22. The second kappa shape index (κ2) is 8.43. The van der Waals surface area contributed by atoms with Crippen molar-refractivity contribution in [2.45, 2.75) is 26.3 Å². The molecule has 0 bridgehead atoms. The molecule has 3 aromatic rings. The summed E-state index contributed by atoms with van der Waals surface area (Å²) in [7, 11) is 0. The standard InChI is InChI=1S/C20H22N4O4/c1-3-27-20(26)17-12-22-24(18(17)21)15-8-6-14(7-9-15)19(25)23-13(2)11-16-5-4-10-28-16/h4-10,12-13H,3,11,21H2,1-2H3,(H,23,25)/t13-/m0/s1. The third-order valence-corrected chi connectivity index (χ3v) is 4.14. The first-order valence-corrected chi connectivity index (χ1v) is 8.94. The van der Waals surface area contributed by atoms with E-state index in [2.05, 4.69) is 10.4 Å². The van der Waals surface area contributed by atoms with Crippen molar-refractivity contribution in [1.82, 2.24) is 15.1 Å². The maximum absolute atomic E-state index is 12.4. The van der Waals surface area contributed by atoms with Crippen molar-refractivity contribution in [1.29, 1.82) is 0 Å². The summed E-state index contributed by atoms with van der Waals surface area (Å²) < 4.78 is 11.7. The van der Waals surface area contributed by atoms with Crippen LogP contribution in [0.4, 0.5) is 5.82 Å². The molecule has 28 heavy (non-hydrogen) atoms. The number of nitrogens with two attached hydrogens (primary N) is 1. The van der Waals surface area contributed by atoms with Gasteiger partial charge in [-0.3, -0.25) is 4.79 Å². The average Bonchev–Trinajstić information content (AvgIpc) is 3.31. The van der Waals surface area contributed by atoms with Gasteiger partial charge >= 0.3 is 5.97 Å². The Balaban J connectivity index is 1.68. The van der Waals surface area contributed by atoms with Gasteiger partial charge in [-0.2, -0.15) is 5.10 Å². The average molecular weight is 382 g/mol. The molecule has 2 aromatic heterocycles. The van der Waals surface area contributed by atoms with Crippen LogP contribution in [0.15, 0.2) is 53.3 Å². The first kappa shape index (κ1) is 19.2. The molecule has 8 heteroatoms. The number of benzene rings is 1. The van der Waals surface area contributed by atoms with Gasteiger partial charge in [0, 0.05) is 18.0 Å². The van der Waals surface area contributed by atoms with Gasteiger partial charge in [-0.05, 0) is 50.2 Å². The first-order chi connectivity index (χ1) is 13.5. The minimum Gasteiger partial charge on any atom is -0.469 e. The third-order valence-electron chi connectivity index (χ3n) is 4.14. The fraction of sp³-hybridized carbons (Fsp3) is 0.250. The molecular formula is C20H22N4O4. The van der Waals surface area contributed by atoms with Crippen molar-refractivity contribution in [3.63, 3.8) is 0 Å². The zero-order valence-corrected chi connectivity index (χ0v) is 15.7. The molecule has 0 aliphatic heterocycles. The lowest BCUT2D eigenvalue weighted by Crippen LogP contribution is -2.33. The van der Waals surface area contributed by atoms with E-state index in [-0.39, 0.29) is 29.9 Å². The van der Waals surface area contributed by atoms with Gasteiger partial charge in [0.05, 0.1) is 24.8 Å². The second-order valence-electron chi connectivity index (χ2n) is 6.28. The Morgan fingerprint density at radius 3 is 2.68 bits per heavy atom. The number of furan rings is 1. The van der Waals surface area contributed by atoms with Crippen LogP contribution >= 0.6 is 0 Å². The van der Waals surface area contributed by atoms with Crippen molar-refractivity contribution in [3.05, 3.63) is 65.7 Å². The Hall–Kier alpha value is -3.55. The Morgan fingerprint density at radius 1 is 1.29 bits per heavy atom. The fourth-order valence-corrected chi connectivity index (χ4v) is 2.77. The van der Waals surface area contributed by atoms with Crippen LogP contribution in [0.1, 0.15) is 40.3 Å². The number of carbonyl (C=O) groups excluding carboxylic acids is 2. The van der Waals surface area contributed by atoms with Crippen LogP contribution in [0.5, 0.6) is 0 Å². The number of esters is 1. The van der Waals surface area contributed by atoms with Gasteiger partial charge in [0.1, 0.15) is 17.1 Å². The molecule has 0 aliphatic carbocycles. The number of amides is 1. The Labute approximate surface area is 162 Å². The Bertz CT molecular complexity index is 945. The highest BCUT2D eigenvalue weighted by Crippen LogP contribution is 2.18. The molecule has 0 radical (unpaired) electrons. The number of nitrogens with zero attached hydrogens (tertiary/aromatic N) is 2. The van der Waals surface area contributed by atoms with Crippen molar-refractivity contribution >= 4 is 17.7 Å². The van der Waals surface area contributed by atoms with E-state index in [4.69, 9.17) is 14.9 Å². The lowest BCUT2D eigenvalue weighted by Gasteiger charge is -2.13. The molecular weight excluding hydrogens is 360 g/mol. The van der Waals surface area contributed by atoms with Crippen LogP contribution in [0.2, 0.25) is 0 Å². The van der Waals surface area contributed by atoms with Crippen LogP contribution < -0.4 is 11.1 Å². The summed E-state index contributed by atoms with van der Waals surface area (Å²) in [4.78, 5) is 24.3. The number of ether oxygens (including phenoxy) is 1. The molecule has 2 heterocycles. The molecule has 1 atom stereocenters. The number of hydrogen-bond acceptors (Lipinski definition) is 6. The highest BCUT2D eigenvalue weighted by molar-refractivity contribution is 5.95. The first-order valence-electron chi connectivity index (χ1n) is 8.94. The molecule has 146 valence electrons. The second-order valence-corrected chi connectivity index (χ2v) is 6.28. The van der Waals surface area contributed by atoms with E-state index in [9.17, 15) is 9.59 Å². The maximum Gasteiger partial charge on any atom is 0.343 e. The largest absolute Gasteiger partial charge is 0.469 e. The summed E-state index contributed by atoms with van der Waals surface area (Å²) in [5, 5.41) is 7.06. The topological polar surface area (TPSA) is 112 Å². The van der Waals surface area contributed by atoms with Crippen LogP contribution in [-0.2, 0) is 11.2 Å². The minimum atomic E-state index is -0.521. The number of nitrogens with one attached hydrogen (secondary N) is 1. The van der Waals surface area contributed by atoms with Crippen LogP contribution in [0.25, 0.3) is 5.69 Å². The summed E-state index contributed by atoms with van der Waals surface area (Å²) in [5.74, 6) is 0.288. The zero-order chi connectivity index (χ0) is 20.1. The molecule has 3 N–H and O–H groups in total. The van der Waals surface area contributed by atoms with Gasteiger partial charge in [0.25, 0.3) is 5.91 Å². The summed E-state index contributed by atoms with van der Waals surface area (Å²) in [6.07, 6.45) is 3.58. The number of aromatic nitrogens is 2. The van der Waals surface area contributed by atoms with E-state index in [0.717, 1.165) is 5.76 Å². The number of carbonyl (C=O) groups is 2.